The lowest BCUT2D eigenvalue weighted by Crippen LogP contribution is -2.48. The first-order valence-corrected chi connectivity index (χ1v) is 9.77. The zero-order valence-corrected chi connectivity index (χ0v) is 13.1. The highest BCUT2D eigenvalue weighted by molar-refractivity contribution is 7.55. The van der Waals surface area contributed by atoms with E-state index >= 15 is 0 Å². The smallest absolute Gasteiger partial charge is 0.0970 e. The molecule has 0 aliphatic rings. The van der Waals surface area contributed by atoms with E-state index in [4.69, 9.17) is 0 Å². The monoisotopic (exact) mass is 313 g/mol. The van der Waals surface area contributed by atoms with Crippen molar-refractivity contribution in [2.24, 2.45) is 5.92 Å². The van der Waals surface area contributed by atoms with E-state index in [0.717, 1.165) is 30.6 Å². The van der Waals surface area contributed by atoms with Crippen LogP contribution in [0.4, 0.5) is 0 Å². The van der Waals surface area contributed by atoms with Crippen LogP contribution in [-0.4, -0.2) is 24.0 Å². The van der Waals surface area contributed by atoms with Gasteiger partial charge in [0.1, 0.15) is 0 Å². The van der Waals surface area contributed by atoms with E-state index < -0.39 is 28.5 Å². The van der Waals surface area contributed by atoms with Crippen molar-refractivity contribution in [2.45, 2.75) is 39.5 Å². The molecule has 1 unspecified atom stereocenters. The minimum atomic E-state index is -4.87. The quantitative estimate of drug-likeness (QED) is 0.394. The van der Waals surface area contributed by atoms with Crippen molar-refractivity contribution in [1.82, 2.24) is 4.90 Å². The van der Waals surface area contributed by atoms with Gasteiger partial charge in [-0.05, 0) is 12.3 Å². The molecule has 0 N–H and O–H groups in total. The van der Waals surface area contributed by atoms with Gasteiger partial charge in [-0.3, -0.25) is 0 Å². The normalized spacial score (nSPS) is 15.0. The van der Waals surface area contributed by atoms with Crippen molar-refractivity contribution < 1.29 is 29.4 Å². The molecular weight excluding hydrogens is 292 g/mol. The van der Waals surface area contributed by atoms with Gasteiger partial charge in [0, 0.05) is 6.54 Å². The first kappa shape index (κ1) is 19.6. The lowest BCUT2D eigenvalue weighted by molar-refractivity contribution is -0.431. The van der Waals surface area contributed by atoms with Crippen molar-refractivity contribution in [3.05, 3.63) is 0 Å². The van der Waals surface area contributed by atoms with Crippen LogP contribution in [0.5, 0.6) is 0 Å². The van der Waals surface area contributed by atoms with Gasteiger partial charge in [0.2, 0.25) is 0 Å². The number of hydrogen-bond acceptors (Lipinski definition) is 7. The molecule has 0 saturated heterocycles. The van der Waals surface area contributed by atoms with Gasteiger partial charge in [-0.1, -0.05) is 33.1 Å². The fourth-order valence-corrected chi connectivity index (χ4v) is 3.50. The Morgan fingerprint density at radius 1 is 0.895 bits per heavy atom. The van der Waals surface area contributed by atoms with E-state index in [9.17, 15) is 29.4 Å². The number of hydrogen-bond donors (Lipinski definition) is 0. The maximum absolute atomic E-state index is 10.7. The number of nitrogens with zero attached hydrogens (tertiary/aromatic N) is 1. The molecule has 0 aromatic carbocycles. The lowest BCUT2D eigenvalue weighted by Gasteiger charge is -2.50. The third kappa shape index (κ3) is 12.1. The summed E-state index contributed by atoms with van der Waals surface area (Å²) >= 11 is 0. The van der Waals surface area contributed by atoms with Crippen LogP contribution in [0.1, 0.15) is 39.5 Å². The fraction of sp³-hybridized carbons (Fsp3) is 1.00. The number of rotatable bonds is 10. The molecule has 0 amide bonds. The molecule has 0 radical (unpaired) electrons. The molecule has 9 heteroatoms. The Morgan fingerprint density at radius 3 is 1.68 bits per heavy atom. The molecule has 0 aliphatic carbocycles. The van der Waals surface area contributed by atoms with E-state index in [-0.39, 0.29) is 12.5 Å². The predicted octanol–water partition coefficient (Wildman–Crippen LogP) is -2.89. The molecule has 1 atom stereocenters. The summed E-state index contributed by atoms with van der Waals surface area (Å²) in [5.74, 6) is 0.0815. The summed E-state index contributed by atoms with van der Waals surface area (Å²) in [7, 11) is -9.75. The van der Waals surface area contributed by atoms with E-state index in [1.54, 1.807) is 0 Å². The highest BCUT2D eigenvalue weighted by atomic mass is 31.2. The maximum atomic E-state index is 10.7. The molecule has 19 heavy (non-hydrogen) atoms. The zero-order chi connectivity index (χ0) is 15.1. The van der Waals surface area contributed by atoms with Crippen LogP contribution in [0.3, 0.4) is 0 Å². The zero-order valence-electron chi connectivity index (χ0n) is 11.3. The summed E-state index contributed by atoms with van der Waals surface area (Å²) in [5, 5.41) is 0. The second-order valence-electron chi connectivity index (χ2n) is 4.77. The number of unbranched alkanes of at least 4 members (excludes halogenated alkanes) is 1. The summed E-state index contributed by atoms with van der Waals surface area (Å²) in [4.78, 5) is 65.4. The predicted molar refractivity (Wildman–Crippen MR) is 63.6 cm³/mol. The van der Waals surface area contributed by atoms with E-state index in [0.29, 0.717) is 0 Å². The molecule has 116 valence electrons. The van der Waals surface area contributed by atoms with Crippen LogP contribution in [-0.2, 0) is 0 Å². The third-order valence-corrected chi connectivity index (χ3v) is 4.30. The summed E-state index contributed by atoms with van der Waals surface area (Å²) < 4.78 is 0. The molecule has 0 fully saturated rings. The van der Waals surface area contributed by atoms with Gasteiger partial charge < -0.3 is 29.4 Å². The second kappa shape index (κ2) is 8.78. The van der Waals surface area contributed by atoms with Crippen LogP contribution >= 0.6 is 15.9 Å². The fourth-order valence-electron chi connectivity index (χ4n) is 1.93. The minimum Gasteiger partial charge on any atom is -0.687 e. The van der Waals surface area contributed by atoms with Gasteiger partial charge in [-0.15, -0.1) is 15.9 Å². The van der Waals surface area contributed by atoms with Crippen LogP contribution in [0.25, 0.3) is 0 Å². The first-order valence-electron chi connectivity index (χ1n) is 6.32. The van der Waals surface area contributed by atoms with Crippen molar-refractivity contribution in [3.8, 4) is 0 Å². The molecular formula is C10H21NO6P2-4. The Kier molecular flexibility index (Phi) is 9.04. The first-order chi connectivity index (χ1) is 8.57. The lowest BCUT2D eigenvalue weighted by atomic mass is 9.99. The largest absolute Gasteiger partial charge is 0.687 e. The van der Waals surface area contributed by atoms with Gasteiger partial charge in [0.05, 0.1) is 12.6 Å². The van der Waals surface area contributed by atoms with Crippen molar-refractivity contribution >= 4 is 15.9 Å². The van der Waals surface area contributed by atoms with Crippen LogP contribution in [0.2, 0.25) is 0 Å². The molecule has 0 aromatic rings. The third-order valence-electron chi connectivity index (χ3n) is 2.81. The molecule has 0 aromatic heterocycles. The Balaban J connectivity index is 4.54. The highest BCUT2D eigenvalue weighted by Gasteiger charge is 2.18. The van der Waals surface area contributed by atoms with Gasteiger partial charge >= 0.3 is 0 Å². The van der Waals surface area contributed by atoms with Crippen molar-refractivity contribution in [2.75, 3.05) is 19.1 Å². The van der Waals surface area contributed by atoms with Crippen molar-refractivity contribution in [1.29, 1.82) is 0 Å². The Bertz CT molecular complexity index is 227. The standard InChI is InChI=1S/C10H25NO6P2/c1-3-5-6-10(4-2)7-11(8-18(12,13)14)9-19(15,16)17/h10H,3-9H2,1-2H3,(H2,12,13,14)(H2,15,16,17)/p-4. The SMILES string of the molecule is CCCCC(CC)CN(C[P+]([O-])([O-])[O-])C[P+]([O-])([O-])[O-]. The van der Waals surface area contributed by atoms with E-state index in [2.05, 4.69) is 0 Å². The summed E-state index contributed by atoms with van der Waals surface area (Å²) in [6.45, 7) is 4.05. The Hall–Kier alpha value is 0.580. The molecule has 0 bridgehead atoms. The molecule has 0 heterocycles. The molecule has 7 nitrogen and oxygen atoms in total. The summed E-state index contributed by atoms with van der Waals surface area (Å²) in [6.07, 6.45) is 1.63. The summed E-state index contributed by atoms with van der Waals surface area (Å²) in [6, 6.07) is 0. The van der Waals surface area contributed by atoms with E-state index in [1.807, 2.05) is 13.8 Å². The van der Waals surface area contributed by atoms with Crippen LogP contribution in [0, 0.1) is 5.92 Å². The van der Waals surface area contributed by atoms with Gasteiger partial charge in [0.25, 0.3) is 0 Å². The van der Waals surface area contributed by atoms with Gasteiger partial charge in [0.15, 0.2) is 0 Å². The highest BCUT2D eigenvalue weighted by Crippen LogP contribution is 2.35. The van der Waals surface area contributed by atoms with Crippen molar-refractivity contribution in [3.63, 3.8) is 0 Å². The Labute approximate surface area is 115 Å². The average molecular weight is 313 g/mol. The average Bonchev–Trinajstić information content (AvgIpc) is 2.19. The summed E-state index contributed by atoms with van der Waals surface area (Å²) in [5.41, 5.74) is 0. The van der Waals surface area contributed by atoms with Crippen LogP contribution in [0.15, 0.2) is 0 Å². The van der Waals surface area contributed by atoms with Crippen LogP contribution < -0.4 is 29.4 Å². The molecule has 0 rings (SSSR count). The minimum absolute atomic E-state index is 0.0815. The molecule has 0 saturated carbocycles. The topological polar surface area (TPSA) is 142 Å². The maximum Gasteiger partial charge on any atom is 0.0970 e. The molecule has 0 spiro atoms. The van der Waals surface area contributed by atoms with Gasteiger partial charge in [-0.2, -0.15) is 0 Å². The Morgan fingerprint density at radius 2 is 1.37 bits per heavy atom. The van der Waals surface area contributed by atoms with Gasteiger partial charge in [-0.25, -0.2) is 4.90 Å². The second-order valence-corrected chi connectivity index (χ2v) is 7.78. The van der Waals surface area contributed by atoms with E-state index in [1.165, 1.54) is 0 Å². The molecule has 0 aliphatic heterocycles.